The number of benzene rings is 8. The number of rotatable bonds is 4. The van der Waals surface area contributed by atoms with E-state index in [1.165, 1.54) is 81.9 Å². The molecule has 12 rings (SSSR count). The molecule has 1 spiro atoms. The molecule has 0 amide bonds. The highest BCUT2D eigenvalue weighted by Crippen LogP contribution is 2.64. The summed E-state index contributed by atoms with van der Waals surface area (Å²) in [7, 11) is 0. The molecule has 2 aromatic heterocycles. The van der Waals surface area contributed by atoms with Crippen LogP contribution in [0.4, 0.5) is 17.1 Å². The van der Waals surface area contributed by atoms with Gasteiger partial charge in [0.2, 0.25) is 0 Å². The molecule has 2 heterocycles. The highest BCUT2D eigenvalue weighted by molar-refractivity contribution is 7.26. The lowest BCUT2D eigenvalue weighted by atomic mass is 9.70. The van der Waals surface area contributed by atoms with Crippen LogP contribution < -0.4 is 4.90 Å². The van der Waals surface area contributed by atoms with Gasteiger partial charge in [-0.3, -0.25) is 0 Å². The van der Waals surface area contributed by atoms with Crippen LogP contribution in [-0.4, -0.2) is 4.98 Å². The van der Waals surface area contributed by atoms with Gasteiger partial charge in [0.1, 0.15) is 4.83 Å². The molecule has 2 aliphatic rings. The average Bonchev–Trinajstić information content (AvgIpc) is 3.89. The van der Waals surface area contributed by atoms with Crippen molar-refractivity contribution in [2.45, 2.75) is 5.41 Å². The molecule has 0 saturated carbocycles. The zero-order chi connectivity index (χ0) is 36.1. The van der Waals surface area contributed by atoms with Gasteiger partial charge in [0.25, 0.3) is 0 Å². The molecule has 55 heavy (non-hydrogen) atoms. The predicted octanol–water partition coefficient (Wildman–Crippen LogP) is 14.1. The number of pyridine rings is 1. The second-order valence-corrected chi connectivity index (χ2v) is 15.6. The van der Waals surface area contributed by atoms with E-state index in [-0.39, 0.29) is 0 Å². The third kappa shape index (κ3) is 4.22. The first-order chi connectivity index (χ1) is 27.3. The first-order valence-corrected chi connectivity index (χ1v) is 19.7. The SMILES string of the molecule is c1ccc(-c2ccc(N(c3cnc4sc5c6ccccc6ccc5c4c3)c3cccc4c3-c3ccccc3C43c4ccccc4-c4ccccc43)cc2)cc1. The van der Waals surface area contributed by atoms with Gasteiger partial charge in [-0.15, -0.1) is 11.3 Å². The Morgan fingerprint density at radius 1 is 0.436 bits per heavy atom. The van der Waals surface area contributed by atoms with Crippen LogP contribution in [0.3, 0.4) is 0 Å². The molecule has 0 fully saturated rings. The maximum absolute atomic E-state index is 5.21. The van der Waals surface area contributed by atoms with Crippen molar-refractivity contribution in [3.8, 4) is 33.4 Å². The van der Waals surface area contributed by atoms with E-state index in [1.807, 2.05) is 0 Å². The molecule has 0 bridgehead atoms. The van der Waals surface area contributed by atoms with E-state index < -0.39 is 5.41 Å². The van der Waals surface area contributed by atoms with E-state index in [0.717, 1.165) is 21.9 Å². The number of thiophene rings is 1. The van der Waals surface area contributed by atoms with E-state index in [4.69, 9.17) is 4.98 Å². The summed E-state index contributed by atoms with van der Waals surface area (Å²) in [5.41, 5.74) is 15.7. The lowest BCUT2D eigenvalue weighted by Crippen LogP contribution is -2.26. The zero-order valence-corrected chi connectivity index (χ0v) is 30.6. The summed E-state index contributed by atoms with van der Waals surface area (Å²) in [6.45, 7) is 0. The van der Waals surface area contributed by atoms with Gasteiger partial charge in [-0.05, 0) is 85.1 Å². The second kappa shape index (κ2) is 11.6. The first-order valence-electron chi connectivity index (χ1n) is 18.9. The Labute approximate surface area is 323 Å². The maximum atomic E-state index is 5.21. The summed E-state index contributed by atoms with van der Waals surface area (Å²) in [5, 5.41) is 4.95. The Morgan fingerprint density at radius 2 is 1.05 bits per heavy atom. The van der Waals surface area contributed by atoms with Crippen molar-refractivity contribution < 1.29 is 0 Å². The molecule has 0 radical (unpaired) electrons. The molecular formula is C52H32N2S. The minimum atomic E-state index is -0.426. The summed E-state index contributed by atoms with van der Waals surface area (Å²) in [6.07, 6.45) is 2.07. The number of anilines is 3. The smallest absolute Gasteiger partial charge is 0.124 e. The fraction of sp³-hybridized carbons (Fsp3) is 0.0192. The van der Waals surface area contributed by atoms with Gasteiger partial charge in [0.15, 0.2) is 0 Å². The van der Waals surface area contributed by atoms with Crippen molar-refractivity contribution in [3.63, 3.8) is 0 Å². The summed E-state index contributed by atoms with van der Waals surface area (Å²) < 4.78 is 1.28. The van der Waals surface area contributed by atoms with Crippen LogP contribution in [0.2, 0.25) is 0 Å². The zero-order valence-electron chi connectivity index (χ0n) is 29.8. The molecule has 10 aromatic rings. The lowest BCUT2D eigenvalue weighted by Gasteiger charge is -2.31. The second-order valence-electron chi connectivity index (χ2n) is 14.6. The van der Waals surface area contributed by atoms with Gasteiger partial charge in [-0.2, -0.15) is 0 Å². The van der Waals surface area contributed by atoms with E-state index in [2.05, 4.69) is 199 Å². The van der Waals surface area contributed by atoms with Gasteiger partial charge in [0, 0.05) is 26.7 Å². The molecule has 3 heteroatoms. The van der Waals surface area contributed by atoms with Crippen LogP contribution in [-0.2, 0) is 5.41 Å². The van der Waals surface area contributed by atoms with E-state index in [0.29, 0.717) is 0 Å². The molecule has 2 aliphatic carbocycles. The van der Waals surface area contributed by atoms with Crippen LogP contribution >= 0.6 is 11.3 Å². The van der Waals surface area contributed by atoms with Crippen LogP contribution in [0.25, 0.3) is 64.5 Å². The fourth-order valence-corrected chi connectivity index (χ4v) is 10.8. The van der Waals surface area contributed by atoms with Gasteiger partial charge in [-0.25, -0.2) is 4.98 Å². The number of hydrogen-bond donors (Lipinski definition) is 0. The number of aromatic nitrogens is 1. The van der Waals surface area contributed by atoms with Crippen LogP contribution in [0.15, 0.2) is 194 Å². The number of nitrogens with zero attached hydrogens (tertiary/aromatic N) is 2. The van der Waals surface area contributed by atoms with Crippen molar-refractivity contribution in [1.29, 1.82) is 0 Å². The summed E-state index contributed by atoms with van der Waals surface area (Å²) in [4.78, 5) is 8.70. The molecule has 256 valence electrons. The van der Waals surface area contributed by atoms with Gasteiger partial charge < -0.3 is 4.90 Å². The summed E-state index contributed by atoms with van der Waals surface area (Å²) in [6, 6.07) is 69.2. The van der Waals surface area contributed by atoms with Crippen molar-refractivity contribution in [2.75, 3.05) is 4.90 Å². The highest BCUT2D eigenvalue weighted by Gasteiger charge is 2.52. The molecule has 8 aromatic carbocycles. The van der Waals surface area contributed by atoms with Crippen molar-refractivity contribution in [1.82, 2.24) is 4.98 Å². The lowest BCUT2D eigenvalue weighted by molar-refractivity contribution is 0.794. The quantitative estimate of drug-likeness (QED) is 0.180. The van der Waals surface area contributed by atoms with E-state index in [9.17, 15) is 0 Å². The normalized spacial score (nSPS) is 13.2. The van der Waals surface area contributed by atoms with Gasteiger partial charge in [-0.1, -0.05) is 164 Å². The molecular weight excluding hydrogens is 685 g/mol. The molecule has 0 N–H and O–H groups in total. The summed E-state index contributed by atoms with van der Waals surface area (Å²) in [5.74, 6) is 0. The molecule has 0 atom stereocenters. The Morgan fingerprint density at radius 3 is 1.82 bits per heavy atom. The first kappa shape index (κ1) is 30.6. The minimum Gasteiger partial charge on any atom is -0.308 e. The van der Waals surface area contributed by atoms with Gasteiger partial charge >= 0.3 is 0 Å². The van der Waals surface area contributed by atoms with Crippen LogP contribution in [0, 0.1) is 0 Å². The Bertz CT molecular complexity index is 3110. The largest absolute Gasteiger partial charge is 0.308 e. The average molecular weight is 717 g/mol. The van der Waals surface area contributed by atoms with Crippen LogP contribution in [0.1, 0.15) is 22.3 Å². The van der Waals surface area contributed by atoms with Crippen molar-refractivity contribution in [3.05, 3.63) is 217 Å². The maximum Gasteiger partial charge on any atom is 0.124 e. The minimum absolute atomic E-state index is 0.426. The molecule has 0 aliphatic heterocycles. The van der Waals surface area contributed by atoms with Crippen LogP contribution in [0.5, 0.6) is 0 Å². The Balaban J connectivity index is 1.14. The molecule has 0 unspecified atom stereocenters. The number of fused-ring (bicyclic) bond motifs is 15. The van der Waals surface area contributed by atoms with E-state index >= 15 is 0 Å². The third-order valence-corrected chi connectivity index (χ3v) is 13.1. The Kier molecular flexibility index (Phi) is 6.46. The Hall–Kier alpha value is -6.81. The van der Waals surface area contributed by atoms with E-state index in [1.54, 1.807) is 11.3 Å². The standard InChI is InChI=1S/C52H32N2S/c1-2-13-33(14-3-1)34-25-28-36(29-26-34)54(37-31-43-41-30-27-35-15-4-5-16-38(35)50(41)55-51(43)53-32-37)48-24-12-23-47-49(48)42-19-8-11-22-46(42)52(47)44-20-9-6-17-39(44)40-18-7-10-21-45(40)52/h1-32H. The number of hydrogen-bond acceptors (Lipinski definition) is 3. The highest BCUT2D eigenvalue weighted by atomic mass is 32.1. The summed E-state index contributed by atoms with van der Waals surface area (Å²) >= 11 is 1.78. The molecule has 0 saturated heterocycles. The third-order valence-electron chi connectivity index (χ3n) is 11.9. The fourth-order valence-electron chi connectivity index (χ4n) is 9.67. The van der Waals surface area contributed by atoms with Gasteiger partial charge in [0.05, 0.1) is 23.0 Å². The van der Waals surface area contributed by atoms with Crippen molar-refractivity contribution >= 4 is 59.5 Å². The van der Waals surface area contributed by atoms with Crippen molar-refractivity contribution in [2.24, 2.45) is 0 Å². The topological polar surface area (TPSA) is 16.1 Å². The molecule has 2 nitrogen and oxygen atoms in total. The predicted molar refractivity (Wildman–Crippen MR) is 231 cm³/mol. The monoisotopic (exact) mass is 716 g/mol.